The van der Waals surface area contributed by atoms with E-state index in [0.717, 1.165) is 12.8 Å². The minimum absolute atomic E-state index is 0.326. The van der Waals surface area contributed by atoms with Crippen LogP contribution in [0.15, 0.2) is 48.5 Å². The maximum atomic E-state index is 9.56. The van der Waals surface area contributed by atoms with Gasteiger partial charge in [0.2, 0.25) is 0 Å². The first kappa shape index (κ1) is 18.4. The second kappa shape index (κ2) is 8.77. The summed E-state index contributed by atoms with van der Waals surface area (Å²) in [6.45, 7) is 6.85. The van der Waals surface area contributed by atoms with Gasteiger partial charge in [-0.05, 0) is 72.4 Å². The Bertz CT molecular complexity index is 601. The minimum atomic E-state index is 0.326. The molecule has 0 aliphatic carbocycles. The largest absolute Gasteiger partial charge is 0.508 e. The topological polar surface area (TPSA) is 40.5 Å². The van der Waals surface area contributed by atoms with Crippen LogP contribution in [0.3, 0.4) is 0 Å². The van der Waals surface area contributed by atoms with Crippen LogP contribution in [0.5, 0.6) is 11.5 Å². The maximum absolute atomic E-state index is 9.56. The Hall–Kier alpha value is -1.96. The SMILES string of the molecule is CCCC(C(C)Cc1ccc(O)cc1)C(CC)c1ccc(O)cc1. The van der Waals surface area contributed by atoms with E-state index in [1.54, 1.807) is 24.3 Å². The molecule has 2 heteroatoms. The third-order valence-electron chi connectivity index (χ3n) is 5.12. The first-order chi connectivity index (χ1) is 11.5. The lowest BCUT2D eigenvalue weighted by molar-refractivity contribution is 0.270. The van der Waals surface area contributed by atoms with E-state index in [0.29, 0.717) is 29.3 Å². The quantitative estimate of drug-likeness (QED) is 0.635. The smallest absolute Gasteiger partial charge is 0.115 e. The Labute approximate surface area is 146 Å². The summed E-state index contributed by atoms with van der Waals surface area (Å²) in [6.07, 6.45) is 4.52. The van der Waals surface area contributed by atoms with Crippen molar-refractivity contribution in [1.29, 1.82) is 0 Å². The van der Waals surface area contributed by atoms with Gasteiger partial charge in [-0.15, -0.1) is 0 Å². The number of benzene rings is 2. The zero-order chi connectivity index (χ0) is 17.5. The second-order valence-electron chi connectivity index (χ2n) is 6.91. The molecule has 0 heterocycles. The minimum Gasteiger partial charge on any atom is -0.508 e. The van der Waals surface area contributed by atoms with Crippen LogP contribution in [0.4, 0.5) is 0 Å². The van der Waals surface area contributed by atoms with Crippen LogP contribution < -0.4 is 0 Å². The summed E-state index contributed by atoms with van der Waals surface area (Å²) in [7, 11) is 0. The molecule has 2 rings (SSSR count). The lowest BCUT2D eigenvalue weighted by Crippen LogP contribution is -2.22. The molecule has 0 radical (unpaired) electrons. The van der Waals surface area contributed by atoms with Gasteiger partial charge in [0.1, 0.15) is 11.5 Å². The molecule has 3 atom stereocenters. The number of hydrogen-bond donors (Lipinski definition) is 2. The molecule has 2 aromatic rings. The van der Waals surface area contributed by atoms with Crippen LogP contribution in [0.2, 0.25) is 0 Å². The normalized spacial score (nSPS) is 15.0. The Morgan fingerprint density at radius 3 is 1.88 bits per heavy atom. The third-order valence-corrected chi connectivity index (χ3v) is 5.12. The van der Waals surface area contributed by atoms with Gasteiger partial charge in [0, 0.05) is 0 Å². The predicted molar refractivity (Wildman–Crippen MR) is 101 cm³/mol. The molecule has 0 saturated carbocycles. The van der Waals surface area contributed by atoms with Crippen molar-refractivity contribution in [1.82, 2.24) is 0 Å². The average Bonchev–Trinajstić information content (AvgIpc) is 2.58. The molecule has 0 amide bonds. The summed E-state index contributed by atoms with van der Waals surface area (Å²) in [5.74, 6) is 2.34. The lowest BCUT2D eigenvalue weighted by Gasteiger charge is -2.32. The van der Waals surface area contributed by atoms with Crippen LogP contribution in [0.25, 0.3) is 0 Å². The molecule has 130 valence electrons. The molecule has 0 aliphatic heterocycles. The van der Waals surface area contributed by atoms with Crippen LogP contribution >= 0.6 is 0 Å². The number of phenols is 2. The van der Waals surface area contributed by atoms with E-state index in [2.05, 4.69) is 32.9 Å². The van der Waals surface area contributed by atoms with Gasteiger partial charge in [-0.2, -0.15) is 0 Å². The molecule has 0 spiro atoms. The zero-order valence-electron chi connectivity index (χ0n) is 15.1. The van der Waals surface area contributed by atoms with Gasteiger partial charge in [-0.25, -0.2) is 0 Å². The van der Waals surface area contributed by atoms with Crippen molar-refractivity contribution in [2.24, 2.45) is 11.8 Å². The fraction of sp³-hybridized carbons (Fsp3) is 0.455. The number of phenolic OH excluding ortho intramolecular Hbond substituents is 2. The maximum Gasteiger partial charge on any atom is 0.115 e. The highest BCUT2D eigenvalue weighted by Crippen LogP contribution is 2.38. The number of hydrogen-bond acceptors (Lipinski definition) is 2. The molecule has 0 saturated heterocycles. The summed E-state index contributed by atoms with van der Waals surface area (Å²) < 4.78 is 0. The Morgan fingerprint density at radius 1 is 0.833 bits per heavy atom. The van der Waals surface area contributed by atoms with Gasteiger partial charge in [-0.1, -0.05) is 51.5 Å². The van der Waals surface area contributed by atoms with Crippen molar-refractivity contribution >= 4 is 0 Å². The highest BCUT2D eigenvalue weighted by molar-refractivity contribution is 5.29. The summed E-state index contributed by atoms with van der Waals surface area (Å²) in [5.41, 5.74) is 2.60. The summed E-state index contributed by atoms with van der Waals surface area (Å²) in [5, 5.41) is 19.0. The Kier molecular flexibility index (Phi) is 6.72. The van der Waals surface area contributed by atoms with Gasteiger partial charge in [-0.3, -0.25) is 0 Å². The fourth-order valence-electron chi connectivity index (χ4n) is 3.88. The van der Waals surface area contributed by atoms with E-state index in [9.17, 15) is 10.2 Å². The Morgan fingerprint density at radius 2 is 1.38 bits per heavy atom. The molecular weight excluding hydrogens is 296 g/mol. The first-order valence-corrected chi connectivity index (χ1v) is 9.12. The lowest BCUT2D eigenvalue weighted by atomic mass is 9.73. The van der Waals surface area contributed by atoms with Crippen LogP contribution in [0.1, 0.15) is 57.1 Å². The molecular formula is C22H30O2. The summed E-state index contributed by atoms with van der Waals surface area (Å²) in [6, 6.07) is 15.3. The molecule has 0 fully saturated rings. The molecule has 24 heavy (non-hydrogen) atoms. The first-order valence-electron chi connectivity index (χ1n) is 9.12. The monoisotopic (exact) mass is 326 g/mol. The predicted octanol–water partition coefficient (Wildman–Crippen LogP) is 5.89. The molecule has 2 N–H and O–H groups in total. The van der Waals surface area contributed by atoms with Crippen molar-refractivity contribution in [2.45, 2.75) is 52.4 Å². The number of aromatic hydroxyl groups is 2. The molecule has 2 aromatic carbocycles. The molecule has 2 nitrogen and oxygen atoms in total. The van der Waals surface area contributed by atoms with Gasteiger partial charge in [0.25, 0.3) is 0 Å². The van der Waals surface area contributed by atoms with E-state index in [1.165, 1.54) is 24.0 Å². The van der Waals surface area contributed by atoms with Gasteiger partial charge in [0.05, 0.1) is 0 Å². The average molecular weight is 326 g/mol. The highest BCUT2D eigenvalue weighted by atomic mass is 16.3. The fourth-order valence-corrected chi connectivity index (χ4v) is 3.88. The van der Waals surface area contributed by atoms with Crippen molar-refractivity contribution in [3.63, 3.8) is 0 Å². The molecule has 3 unspecified atom stereocenters. The van der Waals surface area contributed by atoms with Crippen LogP contribution in [-0.2, 0) is 6.42 Å². The second-order valence-corrected chi connectivity index (χ2v) is 6.91. The van der Waals surface area contributed by atoms with Crippen molar-refractivity contribution in [3.05, 3.63) is 59.7 Å². The van der Waals surface area contributed by atoms with Gasteiger partial charge in [0.15, 0.2) is 0 Å². The van der Waals surface area contributed by atoms with E-state index in [-0.39, 0.29) is 0 Å². The molecule has 0 aliphatic rings. The van der Waals surface area contributed by atoms with Crippen molar-refractivity contribution in [2.75, 3.05) is 0 Å². The molecule has 0 aromatic heterocycles. The van der Waals surface area contributed by atoms with Gasteiger partial charge >= 0.3 is 0 Å². The van der Waals surface area contributed by atoms with E-state index in [1.807, 2.05) is 12.1 Å². The van der Waals surface area contributed by atoms with E-state index < -0.39 is 0 Å². The van der Waals surface area contributed by atoms with Crippen molar-refractivity contribution < 1.29 is 10.2 Å². The van der Waals surface area contributed by atoms with Gasteiger partial charge < -0.3 is 10.2 Å². The zero-order valence-corrected chi connectivity index (χ0v) is 15.1. The summed E-state index contributed by atoms with van der Waals surface area (Å²) >= 11 is 0. The highest BCUT2D eigenvalue weighted by Gasteiger charge is 2.26. The Balaban J connectivity index is 2.18. The van der Waals surface area contributed by atoms with E-state index in [4.69, 9.17) is 0 Å². The van der Waals surface area contributed by atoms with Crippen LogP contribution in [-0.4, -0.2) is 10.2 Å². The molecule has 0 bridgehead atoms. The van der Waals surface area contributed by atoms with Crippen molar-refractivity contribution in [3.8, 4) is 11.5 Å². The van der Waals surface area contributed by atoms with Crippen LogP contribution in [0, 0.1) is 11.8 Å². The number of rotatable bonds is 8. The summed E-state index contributed by atoms with van der Waals surface area (Å²) in [4.78, 5) is 0. The van der Waals surface area contributed by atoms with E-state index >= 15 is 0 Å². The standard InChI is InChI=1S/C22H30O2/c1-4-6-22(16(3)15-17-7-11-19(23)12-8-17)21(5-2)18-9-13-20(24)14-10-18/h7-14,16,21-24H,4-6,15H2,1-3H3. The third kappa shape index (κ3) is 4.77.